The van der Waals surface area contributed by atoms with Crippen LogP contribution in [0.1, 0.15) is 38.5 Å². The van der Waals surface area contributed by atoms with Crippen molar-refractivity contribution in [3.8, 4) is 0 Å². The zero-order valence-electron chi connectivity index (χ0n) is 15.1. The number of rotatable bonds is 6. The maximum absolute atomic E-state index is 12.6. The number of hydrogen-bond acceptors (Lipinski definition) is 5. The Bertz CT molecular complexity index is 585. The Hall–Kier alpha value is -1.69. The highest BCUT2D eigenvalue weighted by atomic mass is 16.2. The number of nitrogens with one attached hydrogen (secondary N) is 1. The van der Waals surface area contributed by atoms with Gasteiger partial charge in [0, 0.05) is 37.4 Å². The molecule has 3 fully saturated rings. The average Bonchev–Trinajstić information content (AvgIpc) is 3.15. The van der Waals surface area contributed by atoms with Crippen molar-refractivity contribution in [2.75, 3.05) is 31.6 Å². The number of amides is 1. The molecule has 0 radical (unpaired) electrons. The monoisotopic (exact) mass is 343 g/mol. The molecule has 1 aromatic heterocycles. The van der Waals surface area contributed by atoms with Gasteiger partial charge in [-0.05, 0) is 44.7 Å². The van der Waals surface area contributed by atoms with Gasteiger partial charge in [-0.3, -0.25) is 9.69 Å². The van der Waals surface area contributed by atoms with Crippen molar-refractivity contribution < 1.29 is 4.79 Å². The smallest absolute Gasteiger partial charge is 0.234 e. The highest BCUT2D eigenvalue weighted by Crippen LogP contribution is 2.42. The van der Waals surface area contributed by atoms with E-state index in [1.807, 2.05) is 6.07 Å². The van der Waals surface area contributed by atoms with Gasteiger partial charge in [-0.2, -0.15) is 0 Å². The van der Waals surface area contributed by atoms with Crippen LogP contribution in [-0.2, 0) is 4.79 Å². The topological polar surface area (TPSA) is 61.4 Å². The Labute approximate surface area is 150 Å². The first-order chi connectivity index (χ1) is 12.2. The van der Waals surface area contributed by atoms with E-state index in [4.69, 9.17) is 0 Å². The Kier molecular flexibility index (Phi) is 4.88. The van der Waals surface area contributed by atoms with Crippen molar-refractivity contribution in [2.24, 2.45) is 11.8 Å². The fraction of sp³-hybridized carbons (Fsp3) is 0.737. The zero-order chi connectivity index (χ0) is 17.2. The molecule has 2 saturated carbocycles. The van der Waals surface area contributed by atoms with Crippen LogP contribution in [0.4, 0.5) is 5.95 Å². The highest BCUT2D eigenvalue weighted by molar-refractivity contribution is 5.78. The minimum atomic E-state index is 0.167. The summed E-state index contributed by atoms with van der Waals surface area (Å²) in [6.45, 7) is 2.29. The van der Waals surface area contributed by atoms with Crippen LogP contribution >= 0.6 is 0 Å². The summed E-state index contributed by atoms with van der Waals surface area (Å²) in [5.41, 5.74) is 0. The van der Waals surface area contributed by atoms with Gasteiger partial charge in [0.25, 0.3) is 0 Å². The number of hydrogen-bond donors (Lipinski definition) is 1. The van der Waals surface area contributed by atoms with Crippen molar-refractivity contribution in [3.05, 3.63) is 18.5 Å². The number of nitrogens with zero attached hydrogens (tertiary/aromatic N) is 4. The Morgan fingerprint density at radius 3 is 2.60 bits per heavy atom. The van der Waals surface area contributed by atoms with Crippen molar-refractivity contribution in [1.82, 2.24) is 20.2 Å². The first kappa shape index (κ1) is 16.8. The summed E-state index contributed by atoms with van der Waals surface area (Å²) in [4.78, 5) is 25.8. The van der Waals surface area contributed by atoms with Crippen molar-refractivity contribution in [3.63, 3.8) is 0 Å². The van der Waals surface area contributed by atoms with Gasteiger partial charge < -0.3 is 10.2 Å². The van der Waals surface area contributed by atoms with Gasteiger partial charge in [-0.1, -0.05) is 12.8 Å². The van der Waals surface area contributed by atoms with Gasteiger partial charge in [-0.25, -0.2) is 9.97 Å². The Morgan fingerprint density at radius 1 is 1.20 bits per heavy atom. The molecule has 0 bridgehead atoms. The molecular weight excluding hydrogens is 314 g/mol. The van der Waals surface area contributed by atoms with Crippen LogP contribution in [0.3, 0.4) is 0 Å². The van der Waals surface area contributed by atoms with Crippen LogP contribution in [0, 0.1) is 11.8 Å². The lowest BCUT2D eigenvalue weighted by atomic mass is 9.98. The number of carbonyl (C=O) groups is 1. The summed E-state index contributed by atoms with van der Waals surface area (Å²) in [6.07, 6.45) is 11.2. The molecule has 25 heavy (non-hydrogen) atoms. The number of aromatic nitrogens is 2. The van der Waals surface area contributed by atoms with Gasteiger partial charge in [0.1, 0.15) is 0 Å². The summed E-state index contributed by atoms with van der Waals surface area (Å²) < 4.78 is 0. The van der Waals surface area contributed by atoms with E-state index in [0.29, 0.717) is 18.5 Å². The zero-order valence-corrected chi connectivity index (χ0v) is 15.1. The summed E-state index contributed by atoms with van der Waals surface area (Å²) >= 11 is 0. The van der Waals surface area contributed by atoms with E-state index in [-0.39, 0.29) is 11.9 Å². The Balaban J connectivity index is 1.35. The van der Waals surface area contributed by atoms with E-state index in [1.165, 1.54) is 38.5 Å². The van der Waals surface area contributed by atoms with Crippen LogP contribution in [0.25, 0.3) is 0 Å². The van der Waals surface area contributed by atoms with Crippen LogP contribution in [-0.4, -0.2) is 59.5 Å². The molecule has 3 aliphatic rings. The number of carbonyl (C=O) groups excluding carboxylic acids is 1. The molecule has 6 heteroatoms. The van der Waals surface area contributed by atoms with Gasteiger partial charge in [0.15, 0.2) is 0 Å². The largest absolute Gasteiger partial charge is 0.350 e. The van der Waals surface area contributed by atoms with Crippen LogP contribution < -0.4 is 10.2 Å². The summed E-state index contributed by atoms with van der Waals surface area (Å²) in [5.74, 6) is 2.24. The standard InChI is InChI=1S/C19H29N5O/c1-23(15-5-2-3-6-15)13-18(25)22-17-12-24(11-16(17)14-7-8-14)19-20-9-4-10-21-19/h4,9-10,14-17H,2-3,5-8,11-13H2,1H3,(H,22,25)/t16-,17+/m0/s1. The minimum absolute atomic E-state index is 0.167. The number of anilines is 1. The normalized spacial score (nSPS) is 27.2. The molecule has 2 atom stereocenters. The fourth-order valence-corrected chi connectivity index (χ4v) is 4.55. The third-order valence-corrected chi connectivity index (χ3v) is 6.12. The Morgan fingerprint density at radius 2 is 1.92 bits per heavy atom. The van der Waals surface area contributed by atoms with Crippen molar-refractivity contribution in [1.29, 1.82) is 0 Å². The maximum Gasteiger partial charge on any atom is 0.234 e. The van der Waals surface area contributed by atoms with Crippen molar-refractivity contribution in [2.45, 2.75) is 50.6 Å². The maximum atomic E-state index is 12.6. The molecule has 0 spiro atoms. The molecule has 1 aliphatic heterocycles. The SMILES string of the molecule is CN(CC(=O)N[C@@H]1CN(c2ncccn2)C[C@H]1C1CC1)C1CCCC1. The van der Waals surface area contributed by atoms with Gasteiger partial charge >= 0.3 is 0 Å². The van der Waals surface area contributed by atoms with E-state index < -0.39 is 0 Å². The number of likely N-dealkylation sites (N-methyl/N-ethyl adjacent to an activating group) is 1. The second kappa shape index (κ2) is 7.28. The minimum Gasteiger partial charge on any atom is -0.350 e. The first-order valence-electron chi connectivity index (χ1n) is 9.72. The second-order valence-electron chi connectivity index (χ2n) is 7.98. The van der Waals surface area contributed by atoms with Crippen molar-refractivity contribution >= 4 is 11.9 Å². The van der Waals surface area contributed by atoms with Gasteiger partial charge in [-0.15, -0.1) is 0 Å². The first-order valence-corrected chi connectivity index (χ1v) is 9.72. The summed E-state index contributed by atoms with van der Waals surface area (Å²) in [6, 6.07) is 2.65. The lowest BCUT2D eigenvalue weighted by molar-refractivity contribution is -0.123. The lowest BCUT2D eigenvalue weighted by Gasteiger charge is -2.25. The third kappa shape index (κ3) is 3.94. The summed E-state index contributed by atoms with van der Waals surface area (Å²) in [7, 11) is 2.09. The molecule has 2 heterocycles. The van der Waals surface area contributed by atoms with Crippen LogP contribution in [0.5, 0.6) is 0 Å². The predicted molar refractivity (Wildman–Crippen MR) is 97.3 cm³/mol. The van der Waals surface area contributed by atoms with E-state index in [0.717, 1.165) is 25.0 Å². The summed E-state index contributed by atoms with van der Waals surface area (Å²) in [5, 5.41) is 3.33. The van der Waals surface area contributed by atoms with E-state index in [2.05, 4.69) is 32.1 Å². The van der Waals surface area contributed by atoms with Gasteiger partial charge in [0.05, 0.1) is 12.6 Å². The fourth-order valence-electron chi connectivity index (χ4n) is 4.55. The van der Waals surface area contributed by atoms with Gasteiger partial charge in [0.2, 0.25) is 11.9 Å². The molecule has 1 N–H and O–H groups in total. The quantitative estimate of drug-likeness (QED) is 0.852. The molecule has 1 saturated heterocycles. The predicted octanol–water partition coefficient (Wildman–Crippen LogP) is 1.68. The molecule has 0 unspecified atom stereocenters. The van der Waals surface area contributed by atoms with E-state index in [1.54, 1.807) is 12.4 Å². The molecule has 6 nitrogen and oxygen atoms in total. The molecular formula is C19H29N5O. The highest BCUT2D eigenvalue weighted by Gasteiger charge is 2.43. The molecule has 4 rings (SSSR count). The van der Waals surface area contributed by atoms with E-state index >= 15 is 0 Å². The molecule has 1 aromatic rings. The third-order valence-electron chi connectivity index (χ3n) is 6.12. The molecule has 2 aliphatic carbocycles. The lowest BCUT2D eigenvalue weighted by Crippen LogP contribution is -2.46. The van der Waals surface area contributed by atoms with E-state index in [9.17, 15) is 4.79 Å². The van der Waals surface area contributed by atoms with Crippen LogP contribution in [0.2, 0.25) is 0 Å². The average molecular weight is 343 g/mol. The van der Waals surface area contributed by atoms with Crippen LogP contribution in [0.15, 0.2) is 18.5 Å². The second-order valence-corrected chi connectivity index (χ2v) is 7.98. The molecule has 136 valence electrons. The molecule has 1 amide bonds. The molecule has 0 aromatic carbocycles.